The van der Waals surface area contributed by atoms with Crippen molar-refractivity contribution in [3.05, 3.63) is 28.8 Å². The first-order chi connectivity index (χ1) is 10.4. The van der Waals surface area contributed by atoms with Crippen molar-refractivity contribution >= 4 is 5.78 Å². The van der Waals surface area contributed by atoms with E-state index in [0.717, 1.165) is 30.0 Å². The lowest BCUT2D eigenvalue weighted by Crippen LogP contribution is -2.47. The summed E-state index contributed by atoms with van der Waals surface area (Å²) < 4.78 is 11.4. The largest absolute Gasteiger partial charge is 0.493 e. The highest BCUT2D eigenvalue weighted by Crippen LogP contribution is 2.26. The Morgan fingerprint density at radius 2 is 1.91 bits per heavy atom. The Labute approximate surface area is 133 Å². The summed E-state index contributed by atoms with van der Waals surface area (Å²) in [6, 6.07) is 3.99. The van der Waals surface area contributed by atoms with E-state index in [1.807, 2.05) is 26.8 Å². The number of aryl methyl sites for hydroxylation is 2. The summed E-state index contributed by atoms with van der Waals surface area (Å²) >= 11 is 0. The minimum Gasteiger partial charge on any atom is -0.493 e. The molecule has 0 bridgehead atoms. The monoisotopic (exact) mass is 305 g/mol. The molecule has 2 unspecified atom stereocenters. The van der Waals surface area contributed by atoms with E-state index in [0.29, 0.717) is 18.7 Å². The van der Waals surface area contributed by atoms with Crippen LogP contribution in [-0.4, -0.2) is 49.1 Å². The zero-order valence-electron chi connectivity index (χ0n) is 14.3. The number of morpholine rings is 1. The SMILES string of the molecule is CCOc1c(C)cc(C)cc1C(=O)CN1CC(C)OC(C)C1. The molecule has 1 fully saturated rings. The number of ether oxygens (including phenoxy) is 2. The second-order valence-corrected chi connectivity index (χ2v) is 6.27. The number of Topliss-reactive ketones (excluding diaryl/α,β-unsaturated/α-hetero) is 1. The highest BCUT2D eigenvalue weighted by Gasteiger charge is 2.25. The van der Waals surface area contributed by atoms with Crippen molar-refractivity contribution in [2.24, 2.45) is 0 Å². The van der Waals surface area contributed by atoms with Gasteiger partial charge in [-0.3, -0.25) is 9.69 Å². The number of carbonyl (C=O) groups excluding carboxylic acids is 1. The molecule has 4 heteroatoms. The molecular weight excluding hydrogens is 278 g/mol. The maximum Gasteiger partial charge on any atom is 0.180 e. The summed E-state index contributed by atoms with van der Waals surface area (Å²) in [5.41, 5.74) is 2.81. The zero-order valence-corrected chi connectivity index (χ0v) is 14.3. The van der Waals surface area contributed by atoms with Crippen LogP contribution in [0, 0.1) is 13.8 Å². The number of ketones is 1. The molecule has 0 amide bonds. The van der Waals surface area contributed by atoms with Gasteiger partial charge in [-0.05, 0) is 51.8 Å². The van der Waals surface area contributed by atoms with Crippen LogP contribution in [0.4, 0.5) is 0 Å². The summed E-state index contributed by atoms with van der Waals surface area (Å²) in [4.78, 5) is 14.9. The van der Waals surface area contributed by atoms with Crippen molar-refractivity contribution in [1.82, 2.24) is 4.90 Å². The molecule has 0 aromatic heterocycles. The van der Waals surface area contributed by atoms with Gasteiger partial charge in [-0.2, -0.15) is 0 Å². The summed E-state index contributed by atoms with van der Waals surface area (Å²) in [5, 5.41) is 0. The second kappa shape index (κ2) is 7.25. The number of benzene rings is 1. The van der Waals surface area contributed by atoms with Crippen molar-refractivity contribution in [2.75, 3.05) is 26.2 Å². The highest BCUT2D eigenvalue weighted by atomic mass is 16.5. The molecule has 122 valence electrons. The molecule has 1 aromatic rings. The first-order valence-corrected chi connectivity index (χ1v) is 8.05. The topological polar surface area (TPSA) is 38.8 Å². The molecular formula is C18H27NO3. The Bertz CT molecular complexity index is 531. The van der Waals surface area contributed by atoms with Crippen molar-refractivity contribution in [1.29, 1.82) is 0 Å². The number of carbonyl (C=O) groups is 1. The fourth-order valence-electron chi connectivity index (χ4n) is 3.20. The van der Waals surface area contributed by atoms with Crippen molar-refractivity contribution in [2.45, 2.75) is 46.8 Å². The Balaban J connectivity index is 2.18. The minimum absolute atomic E-state index is 0.122. The summed E-state index contributed by atoms with van der Waals surface area (Å²) in [5.74, 6) is 0.851. The van der Waals surface area contributed by atoms with Gasteiger partial charge in [0.05, 0.1) is 30.9 Å². The maximum absolute atomic E-state index is 12.8. The van der Waals surface area contributed by atoms with Gasteiger partial charge in [0, 0.05) is 13.1 Å². The van der Waals surface area contributed by atoms with Gasteiger partial charge in [-0.15, -0.1) is 0 Å². The van der Waals surface area contributed by atoms with Gasteiger partial charge in [-0.25, -0.2) is 0 Å². The van der Waals surface area contributed by atoms with E-state index in [2.05, 4.69) is 24.8 Å². The predicted molar refractivity (Wildman–Crippen MR) is 87.9 cm³/mol. The molecule has 2 rings (SSSR count). The minimum atomic E-state index is 0.122. The lowest BCUT2D eigenvalue weighted by molar-refractivity contribution is -0.0652. The molecule has 0 radical (unpaired) electrons. The van der Waals surface area contributed by atoms with E-state index in [4.69, 9.17) is 9.47 Å². The van der Waals surface area contributed by atoms with Crippen molar-refractivity contribution in [3.63, 3.8) is 0 Å². The van der Waals surface area contributed by atoms with E-state index in [9.17, 15) is 4.79 Å². The number of rotatable bonds is 5. The smallest absolute Gasteiger partial charge is 0.180 e. The molecule has 1 aromatic carbocycles. The summed E-state index contributed by atoms with van der Waals surface area (Å²) in [6.07, 6.45) is 0.337. The van der Waals surface area contributed by atoms with E-state index in [1.165, 1.54) is 0 Å². The van der Waals surface area contributed by atoms with Gasteiger partial charge in [0.25, 0.3) is 0 Å². The third kappa shape index (κ3) is 4.08. The van der Waals surface area contributed by atoms with E-state index in [1.54, 1.807) is 0 Å². The molecule has 0 saturated carbocycles. The lowest BCUT2D eigenvalue weighted by atomic mass is 10.0. The molecule has 2 atom stereocenters. The van der Waals surface area contributed by atoms with Crippen LogP contribution in [0.2, 0.25) is 0 Å². The predicted octanol–water partition coefficient (Wildman–Crippen LogP) is 2.99. The van der Waals surface area contributed by atoms with E-state index in [-0.39, 0.29) is 18.0 Å². The van der Waals surface area contributed by atoms with E-state index < -0.39 is 0 Å². The van der Waals surface area contributed by atoms with Gasteiger partial charge in [-0.1, -0.05) is 6.07 Å². The van der Waals surface area contributed by atoms with Gasteiger partial charge < -0.3 is 9.47 Å². The Morgan fingerprint density at radius 1 is 1.27 bits per heavy atom. The molecule has 1 heterocycles. The van der Waals surface area contributed by atoms with Crippen LogP contribution < -0.4 is 4.74 Å². The van der Waals surface area contributed by atoms with Crippen molar-refractivity contribution in [3.8, 4) is 5.75 Å². The third-order valence-corrected chi connectivity index (χ3v) is 3.87. The van der Waals surface area contributed by atoms with Gasteiger partial charge >= 0.3 is 0 Å². The normalized spacial score (nSPS) is 22.6. The second-order valence-electron chi connectivity index (χ2n) is 6.27. The number of hydrogen-bond acceptors (Lipinski definition) is 4. The van der Waals surface area contributed by atoms with Gasteiger partial charge in [0.1, 0.15) is 5.75 Å². The van der Waals surface area contributed by atoms with E-state index >= 15 is 0 Å². The molecule has 1 aliphatic heterocycles. The highest BCUT2D eigenvalue weighted by molar-refractivity contribution is 6.00. The maximum atomic E-state index is 12.8. The van der Waals surface area contributed by atoms with Crippen LogP contribution in [0.3, 0.4) is 0 Å². The fraction of sp³-hybridized carbons (Fsp3) is 0.611. The Morgan fingerprint density at radius 3 is 2.50 bits per heavy atom. The molecule has 0 spiro atoms. The quantitative estimate of drug-likeness (QED) is 0.784. The van der Waals surface area contributed by atoms with Crippen LogP contribution in [0.25, 0.3) is 0 Å². The van der Waals surface area contributed by atoms with Gasteiger partial charge in [0.15, 0.2) is 5.78 Å². The molecule has 0 aliphatic carbocycles. The molecule has 0 N–H and O–H groups in total. The molecule has 22 heavy (non-hydrogen) atoms. The average molecular weight is 305 g/mol. The van der Waals surface area contributed by atoms with Crippen LogP contribution >= 0.6 is 0 Å². The number of hydrogen-bond donors (Lipinski definition) is 0. The lowest BCUT2D eigenvalue weighted by Gasteiger charge is -2.34. The van der Waals surface area contributed by atoms with Crippen LogP contribution in [-0.2, 0) is 4.74 Å². The first-order valence-electron chi connectivity index (χ1n) is 8.05. The van der Waals surface area contributed by atoms with Crippen LogP contribution in [0.1, 0.15) is 42.3 Å². The summed E-state index contributed by atoms with van der Waals surface area (Å²) in [6.45, 7) is 12.6. The Kier molecular flexibility index (Phi) is 5.59. The fourth-order valence-corrected chi connectivity index (χ4v) is 3.20. The zero-order chi connectivity index (χ0) is 16.3. The molecule has 1 aliphatic rings. The average Bonchev–Trinajstić information content (AvgIpc) is 2.40. The van der Waals surface area contributed by atoms with Crippen molar-refractivity contribution < 1.29 is 14.3 Å². The molecule has 1 saturated heterocycles. The molecule has 4 nitrogen and oxygen atoms in total. The first kappa shape index (κ1) is 17.0. The van der Waals surface area contributed by atoms with Gasteiger partial charge in [0.2, 0.25) is 0 Å². The standard InChI is InChI=1S/C18H27NO3/c1-6-21-18-13(3)7-12(2)8-16(18)17(20)11-19-9-14(4)22-15(5)10-19/h7-8,14-15H,6,9-11H2,1-5H3. The Hall–Kier alpha value is -1.39. The van der Waals surface area contributed by atoms with Crippen LogP contribution in [0.15, 0.2) is 12.1 Å². The van der Waals surface area contributed by atoms with Crippen LogP contribution in [0.5, 0.6) is 5.75 Å². The third-order valence-electron chi connectivity index (χ3n) is 3.87. The number of nitrogens with zero attached hydrogens (tertiary/aromatic N) is 1. The summed E-state index contributed by atoms with van der Waals surface area (Å²) in [7, 11) is 0.